The summed E-state index contributed by atoms with van der Waals surface area (Å²) < 4.78 is 18.6. The van der Waals surface area contributed by atoms with Crippen LogP contribution in [-0.2, 0) is 13.0 Å². The Morgan fingerprint density at radius 3 is 2.52 bits per heavy atom. The minimum absolute atomic E-state index is 0.325. The van der Waals surface area contributed by atoms with Crippen LogP contribution in [-0.4, -0.2) is 13.1 Å². The van der Waals surface area contributed by atoms with E-state index in [0.29, 0.717) is 17.7 Å². The van der Waals surface area contributed by atoms with Crippen LogP contribution in [0.1, 0.15) is 18.1 Å². The van der Waals surface area contributed by atoms with Crippen molar-refractivity contribution < 1.29 is 9.13 Å². The van der Waals surface area contributed by atoms with Gasteiger partial charge in [0, 0.05) is 11.6 Å². The number of rotatable bonds is 6. The molecule has 0 saturated heterocycles. The maximum Gasteiger partial charge on any atom is 0.124 e. The fraction of sp³-hybridized carbons (Fsp3) is 0.294. The molecule has 1 atom stereocenters. The van der Waals surface area contributed by atoms with Gasteiger partial charge in [-0.15, -0.1) is 0 Å². The Hall–Kier alpha value is -1.58. The highest BCUT2D eigenvalue weighted by Crippen LogP contribution is 2.20. The van der Waals surface area contributed by atoms with Crippen LogP contribution in [0, 0.1) is 5.82 Å². The predicted octanol–water partition coefficient (Wildman–Crippen LogP) is 4.21. The van der Waals surface area contributed by atoms with Crippen molar-refractivity contribution in [2.75, 3.05) is 7.05 Å². The molecule has 112 valence electrons. The number of likely N-dealkylation sites (N-methyl/N-ethyl adjacent to an activating group) is 1. The zero-order valence-corrected chi connectivity index (χ0v) is 13.0. The third kappa shape index (κ3) is 4.73. The van der Waals surface area contributed by atoms with Gasteiger partial charge in [0.2, 0.25) is 0 Å². The summed E-state index contributed by atoms with van der Waals surface area (Å²) in [6, 6.07) is 12.7. The molecule has 0 aliphatic heterocycles. The molecule has 0 amide bonds. The Morgan fingerprint density at radius 1 is 1.19 bits per heavy atom. The summed E-state index contributed by atoms with van der Waals surface area (Å²) in [5.74, 6) is 0.433. The fourth-order valence-corrected chi connectivity index (χ4v) is 2.20. The average molecular weight is 308 g/mol. The second-order valence-corrected chi connectivity index (χ2v) is 5.47. The lowest BCUT2D eigenvalue weighted by molar-refractivity contribution is 0.306. The summed E-state index contributed by atoms with van der Waals surface area (Å²) in [4.78, 5) is 0. The van der Waals surface area contributed by atoms with Crippen LogP contribution in [0.5, 0.6) is 5.75 Å². The van der Waals surface area contributed by atoms with Gasteiger partial charge in [0.25, 0.3) is 0 Å². The van der Waals surface area contributed by atoms with Crippen molar-refractivity contribution in [3.8, 4) is 5.75 Å². The minimum atomic E-state index is -0.341. The quantitative estimate of drug-likeness (QED) is 0.863. The van der Waals surface area contributed by atoms with Crippen LogP contribution in [0.15, 0.2) is 42.5 Å². The highest BCUT2D eigenvalue weighted by molar-refractivity contribution is 6.31. The van der Waals surface area contributed by atoms with Gasteiger partial charge in [0.15, 0.2) is 0 Å². The lowest BCUT2D eigenvalue weighted by Crippen LogP contribution is -2.23. The van der Waals surface area contributed by atoms with Crippen LogP contribution in [0.2, 0.25) is 5.02 Å². The standard InChI is InChI=1S/C17H19ClFNO/c1-12(20-2)9-13-3-7-16(8-4-13)21-11-14-5-6-15(19)10-17(14)18/h3-8,10,12,20H,9,11H2,1-2H3. The Bertz CT molecular complexity index is 586. The molecular weight excluding hydrogens is 289 g/mol. The Labute approximate surface area is 129 Å². The zero-order valence-electron chi connectivity index (χ0n) is 12.2. The largest absolute Gasteiger partial charge is 0.489 e. The monoisotopic (exact) mass is 307 g/mol. The third-order valence-electron chi connectivity index (χ3n) is 3.37. The second kappa shape index (κ2) is 7.43. The van der Waals surface area contributed by atoms with E-state index in [1.54, 1.807) is 6.07 Å². The Balaban J connectivity index is 1.94. The van der Waals surface area contributed by atoms with Gasteiger partial charge in [-0.05, 0) is 50.2 Å². The van der Waals surface area contributed by atoms with Gasteiger partial charge in [0.1, 0.15) is 18.2 Å². The smallest absolute Gasteiger partial charge is 0.124 e. The predicted molar refractivity (Wildman–Crippen MR) is 84.4 cm³/mol. The number of ether oxygens (including phenoxy) is 1. The molecule has 2 nitrogen and oxygen atoms in total. The maximum atomic E-state index is 13.0. The zero-order chi connectivity index (χ0) is 15.2. The maximum absolute atomic E-state index is 13.0. The van der Waals surface area contributed by atoms with E-state index < -0.39 is 0 Å². The molecule has 0 aliphatic carbocycles. The molecule has 0 saturated carbocycles. The first-order valence-corrected chi connectivity index (χ1v) is 7.29. The normalized spacial score (nSPS) is 12.2. The van der Waals surface area contributed by atoms with E-state index in [0.717, 1.165) is 17.7 Å². The van der Waals surface area contributed by atoms with Crippen LogP contribution >= 0.6 is 11.6 Å². The van der Waals surface area contributed by atoms with Gasteiger partial charge in [-0.25, -0.2) is 4.39 Å². The molecule has 0 fully saturated rings. The molecule has 0 spiro atoms. The van der Waals surface area contributed by atoms with Crippen LogP contribution in [0.25, 0.3) is 0 Å². The molecule has 21 heavy (non-hydrogen) atoms. The van der Waals surface area contributed by atoms with Crippen LogP contribution in [0.3, 0.4) is 0 Å². The molecular formula is C17H19ClFNO. The van der Waals surface area contributed by atoms with E-state index in [2.05, 4.69) is 24.4 Å². The van der Waals surface area contributed by atoms with Crippen molar-refractivity contribution in [2.45, 2.75) is 26.0 Å². The molecule has 0 aromatic heterocycles. The molecule has 0 aliphatic rings. The van der Waals surface area contributed by atoms with Gasteiger partial charge in [0.05, 0.1) is 5.02 Å². The first-order valence-electron chi connectivity index (χ1n) is 6.91. The van der Waals surface area contributed by atoms with Gasteiger partial charge in [-0.2, -0.15) is 0 Å². The summed E-state index contributed by atoms with van der Waals surface area (Å²) in [5, 5.41) is 3.59. The van der Waals surface area contributed by atoms with Crippen molar-refractivity contribution in [2.24, 2.45) is 0 Å². The van der Waals surface area contributed by atoms with Gasteiger partial charge < -0.3 is 10.1 Å². The van der Waals surface area contributed by atoms with Crippen molar-refractivity contribution >= 4 is 11.6 Å². The summed E-state index contributed by atoms with van der Waals surface area (Å²) in [6.45, 7) is 2.46. The molecule has 1 unspecified atom stereocenters. The summed E-state index contributed by atoms with van der Waals surface area (Å²) in [7, 11) is 1.95. The number of benzene rings is 2. The number of halogens is 2. The second-order valence-electron chi connectivity index (χ2n) is 5.06. The molecule has 2 aromatic carbocycles. The number of hydrogen-bond donors (Lipinski definition) is 1. The van der Waals surface area contributed by atoms with E-state index >= 15 is 0 Å². The fourth-order valence-electron chi connectivity index (χ4n) is 1.98. The molecule has 4 heteroatoms. The molecule has 0 radical (unpaired) electrons. The lowest BCUT2D eigenvalue weighted by atomic mass is 10.1. The first-order chi connectivity index (χ1) is 10.1. The summed E-state index contributed by atoms with van der Waals surface area (Å²) in [6.07, 6.45) is 0.973. The SMILES string of the molecule is CNC(C)Cc1ccc(OCc2ccc(F)cc2Cl)cc1. The number of nitrogens with one attached hydrogen (secondary N) is 1. The summed E-state index contributed by atoms with van der Waals surface area (Å²) in [5.41, 5.74) is 2.02. The topological polar surface area (TPSA) is 21.3 Å². The van der Waals surface area contributed by atoms with Crippen molar-refractivity contribution in [1.29, 1.82) is 0 Å². The van der Waals surface area contributed by atoms with Gasteiger partial charge in [-0.1, -0.05) is 29.8 Å². The van der Waals surface area contributed by atoms with Crippen molar-refractivity contribution in [3.63, 3.8) is 0 Å². The third-order valence-corrected chi connectivity index (χ3v) is 3.72. The van der Waals surface area contributed by atoms with E-state index in [1.807, 2.05) is 19.2 Å². The highest BCUT2D eigenvalue weighted by atomic mass is 35.5. The summed E-state index contributed by atoms with van der Waals surface area (Å²) >= 11 is 5.97. The molecule has 1 N–H and O–H groups in total. The molecule has 0 heterocycles. The molecule has 2 rings (SSSR count). The first kappa shape index (κ1) is 15.8. The van der Waals surface area contributed by atoms with E-state index in [1.165, 1.54) is 17.7 Å². The minimum Gasteiger partial charge on any atom is -0.489 e. The van der Waals surface area contributed by atoms with Gasteiger partial charge in [-0.3, -0.25) is 0 Å². The van der Waals surface area contributed by atoms with Crippen LogP contribution < -0.4 is 10.1 Å². The average Bonchev–Trinajstić information content (AvgIpc) is 2.48. The highest BCUT2D eigenvalue weighted by Gasteiger charge is 2.04. The van der Waals surface area contributed by atoms with Crippen LogP contribution in [0.4, 0.5) is 4.39 Å². The van der Waals surface area contributed by atoms with E-state index in [-0.39, 0.29) is 5.82 Å². The lowest BCUT2D eigenvalue weighted by Gasteiger charge is -2.11. The van der Waals surface area contributed by atoms with Crippen molar-refractivity contribution in [1.82, 2.24) is 5.32 Å². The van der Waals surface area contributed by atoms with Gasteiger partial charge >= 0.3 is 0 Å². The molecule has 0 bridgehead atoms. The Morgan fingerprint density at radius 2 is 1.90 bits per heavy atom. The van der Waals surface area contributed by atoms with E-state index in [9.17, 15) is 4.39 Å². The molecule has 2 aromatic rings. The Kier molecular flexibility index (Phi) is 5.59. The van der Waals surface area contributed by atoms with E-state index in [4.69, 9.17) is 16.3 Å². The number of hydrogen-bond acceptors (Lipinski definition) is 2. The van der Waals surface area contributed by atoms with Crippen molar-refractivity contribution in [3.05, 3.63) is 64.4 Å².